The van der Waals surface area contributed by atoms with Gasteiger partial charge in [-0.1, -0.05) is 0 Å². The van der Waals surface area contributed by atoms with E-state index in [0.717, 1.165) is 31.0 Å². The van der Waals surface area contributed by atoms with Gasteiger partial charge >= 0.3 is 0 Å². The summed E-state index contributed by atoms with van der Waals surface area (Å²) < 4.78 is 26.8. The molecule has 82 valence electrons. The molecular formula is C12H15F2N. The van der Waals surface area contributed by atoms with Crippen molar-refractivity contribution >= 4 is 0 Å². The molecule has 1 atom stereocenters. The topological polar surface area (TPSA) is 12.0 Å². The van der Waals surface area contributed by atoms with Crippen molar-refractivity contribution in [1.29, 1.82) is 0 Å². The lowest BCUT2D eigenvalue weighted by molar-refractivity contribution is 0.549. The standard InChI is InChI=1S/C12H15F2N/c1-7-9(13)6-10(14)8(2)12(7)11-4-3-5-15-11/h6,11,15H,3-5H2,1-2H3. The maximum atomic E-state index is 13.4. The molecule has 2 rings (SSSR count). The predicted molar refractivity (Wildman–Crippen MR) is 55.8 cm³/mol. The maximum absolute atomic E-state index is 13.4. The second kappa shape index (κ2) is 3.89. The monoisotopic (exact) mass is 211 g/mol. The second-order valence-electron chi connectivity index (χ2n) is 4.15. The van der Waals surface area contributed by atoms with E-state index in [1.807, 2.05) is 0 Å². The van der Waals surface area contributed by atoms with Gasteiger partial charge in [0.25, 0.3) is 0 Å². The van der Waals surface area contributed by atoms with Crippen LogP contribution in [0.3, 0.4) is 0 Å². The molecule has 0 amide bonds. The van der Waals surface area contributed by atoms with E-state index in [4.69, 9.17) is 0 Å². The summed E-state index contributed by atoms with van der Waals surface area (Å²) in [5, 5.41) is 3.28. The fraction of sp³-hybridized carbons (Fsp3) is 0.500. The number of halogens is 2. The Hall–Kier alpha value is -0.960. The van der Waals surface area contributed by atoms with Crippen molar-refractivity contribution < 1.29 is 8.78 Å². The Kier molecular flexibility index (Phi) is 2.74. The smallest absolute Gasteiger partial charge is 0.129 e. The Morgan fingerprint density at radius 2 is 1.80 bits per heavy atom. The van der Waals surface area contributed by atoms with E-state index in [1.54, 1.807) is 13.8 Å². The van der Waals surface area contributed by atoms with Crippen molar-refractivity contribution in [1.82, 2.24) is 5.32 Å². The number of hydrogen-bond acceptors (Lipinski definition) is 1. The van der Waals surface area contributed by atoms with Crippen molar-refractivity contribution in [3.8, 4) is 0 Å². The minimum Gasteiger partial charge on any atom is -0.310 e. The van der Waals surface area contributed by atoms with Gasteiger partial charge in [0.1, 0.15) is 11.6 Å². The highest BCUT2D eigenvalue weighted by Gasteiger charge is 2.23. The second-order valence-corrected chi connectivity index (χ2v) is 4.15. The van der Waals surface area contributed by atoms with Crippen LogP contribution in [0.1, 0.15) is 35.6 Å². The van der Waals surface area contributed by atoms with E-state index in [-0.39, 0.29) is 6.04 Å². The third-order valence-corrected chi connectivity index (χ3v) is 3.19. The van der Waals surface area contributed by atoms with Crippen LogP contribution in [-0.2, 0) is 0 Å². The van der Waals surface area contributed by atoms with Gasteiger partial charge in [0.05, 0.1) is 0 Å². The van der Waals surface area contributed by atoms with Crippen molar-refractivity contribution in [2.45, 2.75) is 32.7 Å². The highest BCUT2D eigenvalue weighted by atomic mass is 19.1. The molecule has 1 aliphatic rings. The van der Waals surface area contributed by atoms with Crippen molar-refractivity contribution in [3.05, 3.63) is 34.4 Å². The van der Waals surface area contributed by atoms with Crippen LogP contribution in [0.25, 0.3) is 0 Å². The largest absolute Gasteiger partial charge is 0.310 e. The summed E-state index contributed by atoms with van der Waals surface area (Å²) in [7, 11) is 0. The molecule has 1 fully saturated rings. The molecule has 0 saturated carbocycles. The van der Waals surface area contributed by atoms with Crippen molar-refractivity contribution in [2.24, 2.45) is 0 Å². The van der Waals surface area contributed by atoms with Gasteiger partial charge in [-0.2, -0.15) is 0 Å². The first-order valence-electron chi connectivity index (χ1n) is 5.29. The summed E-state index contributed by atoms with van der Waals surface area (Å²) in [6.45, 7) is 4.37. The van der Waals surface area contributed by atoms with Gasteiger partial charge < -0.3 is 5.32 Å². The molecule has 3 heteroatoms. The first kappa shape index (κ1) is 10.6. The molecule has 1 saturated heterocycles. The lowest BCUT2D eigenvalue weighted by Crippen LogP contribution is -2.16. The van der Waals surface area contributed by atoms with Gasteiger partial charge in [0, 0.05) is 12.1 Å². The predicted octanol–water partition coefficient (Wildman–Crippen LogP) is 3.01. The summed E-state index contributed by atoms with van der Waals surface area (Å²) in [5.41, 5.74) is 1.96. The summed E-state index contributed by atoms with van der Waals surface area (Å²) in [6.07, 6.45) is 2.03. The molecular weight excluding hydrogens is 196 g/mol. The molecule has 1 heterocycles. The Balaban J connectivity index is 2.52. The average molecular weight is 211 g/mol. The van der Waals surface area contributed by atoms with Crippen LogP contribution in [0.2, 0.25) is 0 Å². The molecule has 1 aromatic rings. The zero-order chi connectivity index (χ0) is 11.0. The Morgan fingerprint density at radius 3 is 2.27 bits per heavy atom. The average Bonchev–Trinajstić information content (AvgIpc) is 2.69. The van der Waals surface area contributed by atoms with Crippen LogP contribution < -0.4 is 5.32 Å². The van der Waals surface area contributed by atoms with Crippen LogP contribution in [0, 0.1) is 25.5 Å². The lowest BCUT2D eigenvalue weighted by Gasteiger charge is -2.18. The maximum Gasteiger partial charge on any atom is 0.129 e. The molecule has 15 heavy (non-hydrogen) atoms. The Bertz CT molecular complexity index is 355. The van der Waals surface area contributed by atoms with E-state index in [1.165, 1.54) is 0 Å². The molecule has 1 aromatic carbocycles. The van der Waals surface area contributed by atoms with Gasteiger partial charge in [-0.3, -0.25) is 0 Å². The van der Waals surface area contributed by atoms with Crippen molar-refractivity contribution in [2.75, 3.05) is 6.54 Å². The summed E-state index contributed by atoms with van der Waals surface area (Å²) in [5.74, 6) is -0.886. The van der Waals surface area contributed by atoms with Crippen LogP contribution in [0.4, 0.5) is 8.78 Å². The van der Waals surface area contributed by atoms with Gasteiger partial charge in [-0.25, -0.2) is 8.78 Å². The van der Waals surface area contributed by atoms with Gasteiger partial charge in [0.15, 0.2) is 0 Å². The van der Waals surface area contributed by atoms with Crippen LogP contribution in [0.5, 0.6) is 0 Å². The van der Waals surface area contributed by atoms with Crippen LogP contribution in [0.15, 0.2) is 6.07 Å². The van der Waals surface area contributed by atoms with Gasteiger partial charge in [-0.05, 0) is 49.9 Å². The number of hydrogen-bond donors (Lipinski definition) is 1. The van der Waals surface area contributed by atoms with Crippen LogP contribution in [-0.4, -0.2) is 6.54 Å². The minimum absolute atomic E-state index is 0.121. The molecule has 0 radical (unpaired) electrons. The highest BCUT2D eigenvalue weighted by molar-refractivity contribution is 5.38. The third-order valence-electron chi connectivity index (χ3n) is 3.19. The van der Waals surface area contributed by atoms with E-state index >= 15 is 0 Å². The fourth-order valence-corrected chi connectivity index (χ4v) is 2.32. The minimum atomic E-state index is -0.443. The summed E-state index contributed by atoms with van der Waals surface area (Å²) in [4.78, 5) is 0. The SMILES string of the molecule is Cc1c(F)cc(F)c(C)c1C1CCCN1. The molecule has 1 nitrogen and oxygen atoms in total. The highest BCUT2D eigenvalue weighted by Crippen LogP contribution is 2.31. The quantitative estimate of drug-likeness (QED) is 0.753. The first-order valence-corrected chi connectivity index (χ1v) is 5.29. The van der Waals surface area contributed by atoms with E-state index in [0.29, 0.717) is 11.1 Å². The van der Waals surface area contributed by atoms with E-state index < -0.39 is 11.6 Å². The number of nitrogens with one attached hydrogen (secondary N) is 1. The molecule has 0 aromatic heterocycles. The third kappa shape index (κ3) is 1.76. The zero-order valence-corrected chi connectivity index (χ0v) is 9.03. The Morgan fingerprint density at radius 1 is 1.20 bits per heavy atom. The molecule has 1 N–H and O–H groups in total. The van der Waals surface area contributed by atoms with E-state index in [9.17, 15) is 8.78 Å². The normalized spacial score (nSPS) is 20.9. The molecule has 0 bridgehead atoms. The molecule has 1 aliphatic heterocycles. The first-order chi connectivity index (χ1) is 7.11. The zero-order valence-electron chi connectivity index (χ0n) is 9.03. The molecule has 0 spiro atoms. The summed E-state index contributed by atoms with van der Waals surface area (Å²) in [6, 6.07) is 1.10. The summed E-state index contributed by atoms with van der Waals surface area (Å²) >= 11 is 0. The number of rotatable bonds is 1. The van der Waals surface area contributed by atoms with Gasteiger partial charge in [0.2, 0.25) is 0 Å². The van der Waals surface area contributed by atoms with E-state index in [2.05, 4.69) is 5.32 Å². The molecule has 1 unspecified atom stereocenters. The Labute approximate surface area is 88.5 Å². The molecule has 0 aliphatic carbocycles. The van der Waals surface area contributed by atoms with Crippen molar-refractivity contribution in [3.63, 3.8) is 0 Å². The van der Waals surface area contributed by atoms with Crippen LogP contribution >= 0.6 is 0 Å². The van der Waals surface area contributed by atoms with Gasteiger partial charge in [-0.15, -0.1) is 0 Å². The number of benzene rings is 1. The lowest BCUT2D eigenvalue weighted by atomic mass is 9.94. The fourth-order valence-electron chi connectivity index (χ4n) is 2.32.